The van der Waals surface area contributed by atoms with Gasteiger partial charge in [-0.3, -0.25) is 0 Å². The summed E-state index contributed by atoms with van der Waals surface area (Å²) in [4.78, 5) is 11.5. The zero-order valence-electron chi connectivity index (χ0n) is 20.7. The maximum Gasteiger partial charge on any atom is 0.460 e. The molecule has 0 bridgehead atoms. The Balaban J connectivity index is 6.07. The largest absolute Gasteiger partial charge is 0.460 e. The van der Waals surface area contributed by atoms with Crippen LogP contribution in [-0.2, 0) is 14.3 Å². The molecule has 0 radical (unpaired) electrons. The van der Waals surface area contributed by atoms with Gasteiger partial charge in [0, 0.05) is 12.0 Å². The quantitative estimate of drug-likeness (QED) is 0.0742. The van der Waals surface area contributed by atoms with Crippen LogP contribution in [0.15, 0.2) is 12.2 Å². The van der Waals surface area contributed by atoms with E-state index in [1.54, 1.807) is 0 Å². The molecule has 0 rings (SSSR count). The van der Waals surface area contributed by atoms with Crippen LogP contribution >= 0.6 is 0 Å². The number of rotatable bonds is 15. The maximum absolute atomic E-state index is 13.9. The first-order chi connectivity index (χ1) is 18.9. The van der Waals surface area contributed by atoms with Crippen LogP contribution in [0, 0.1) is 0 Å². The minimum absolute atomic E-state index is 0.672. The SMILES string of the molecule is C=C(C)C(=O)OC(COCCC(F)(F)C(F)(F)C(F)(F)C(F)(F)C(F)(F)C(F)(F)F)CC(F)(F)C(F)(F)C(F)(F)C(F)(F)F. The molecule has 0 heterocycles. The molecule has 0 spiro atoms. The minimum atomic E-state index is -8.26. The van der Waals surface area contributed by atoms with Gasteiger partial charge in [0.1, 0.15) is 6.10 Å². The van der Waals surface area contributed by atoms with Gasteiger partial charge in [-0.05, 0) is 6.92 Å². The molecule has 0 saturated heterocycles. The Bertz CT molecular complexity index is 1020. The Morgan fingerprint density at radius 3 is 1.27 bits per heavy atom. The number of esters is 1. The molecular weight excluding hydrogens is 694 g/mol. The standard InChI is InChI=1S/C19H14F22O3/c1-7(2)9(42)44-8(5-11(22,23)13(26,27)16(32,33)18(36,37)38)6-43-4-3-10(20,21)12(24,25)14(28,29)15(30,31)17(34,35)19(39,40)41/h8H,1,3-6H2,2H3. The van der Waals surface area contributed by atoms with Crippen molar-refractivity contribution in [3.05, 3.63) is 12.2 Å². The van der Waals surface area contributed by atoms with Gasteiger partial charge >= 0.3 is 65.7 Å². The summed E-state index contributed by atoms with van der Waals surface area (Å²) in [6.07, 6.45) is -24.4. The molecule has 0 aliphatic rings. The van der Waals surface area contributed by atoms with E-state index in [2.05, 4.69) is 16.1 Å². The van der Waals surface area contributed by atoms with Crippen molar-refractivity contribution < 1.29 is 111 Å². The van der Waals surface area contributed by atoms with Crippen molar-refractivity contribution in [2.45, 2.75) is 85.6 Å². The summed E-state index contributed by atoms with van der Waals surface area (Å²) in [7, 11) is 0. The molecule has 0 aromatic carbocycles. The summed E-state index contributed by atoms with van der Waals surface area (Å²) in [6.45, 7) is -1.03. The summed E-state index contributed by atoms with van der Waals surface area (Å²) in [6, 6.07) is 0. The molecule has 44 heavy (non-hydrogen) atoms. The van der Waals surface area contributed by atoms with E-state index in [9.17, 15) is 101 Å². The fourth-order valence-electron chi connectivity index (χ4n) is 2.58. The Morgan fingerprint density at radius 2 is 0.909 bits per heavy atom. The second kappa shape index (κ2) is 12.1. The molecule has 0 saturated carbocycles. The number of carbonyl (C=O) groups excluding carboxylic acids is 1. The summed E-state index contributed by atoms with van der Waals surface area (Å²) in [5.74, 6) is -62.4. The topological polar surface area (TPSA) is 35.5 Å². The predicted octanol–water partition coefficient (Wildman–Crippen LogP) is 8.48. The smallest absolute Gasteiger partial charge is 0.456 e. The Kier molecular flexibility index (Phi) is 11.4. The number of halogens is 22. The Hall–Kier alpha value is -2.37. The van der Waals surface area contributed by atoms with Crippen molar-refractivity contribution in [2.75, 3.05) is 13.2 Å². The molecule has 25 heteroatoms. The van der Waals surface area contributed by atoms with E-state index < -0.39 is 103 Å². The van der Waals surface area contributed by atoms with Crippen LogP contribution < -0.4 is 0 Å². The second-order valence-electron chi connectivity index (χ2n) is 8.69. The number of ether oxygens (including phenoxy) is 2. The molecule has 0 amide bonds. The molecule has 262 valence electrons. The Morgan fingerprint density at radius 1 is 0.568 bits per heavy atom. The van der Waals surface area contributed by atoms with Gasteiger partial charge in [0.05, 0.1) is 19.6 Å². The molecule has 0 aliphatic carbocycles. The van der Waals surface area contributed by atoms with Crippen molar-refractivity contribution in [3.8, 4) is 0 Å². The van der Waals surface area contributed by atoms with E-state index >= 15 is 0 Å². The fraction of sp³-hybridized carbons (Fsp3) is 0.842. The van der Waals surface area contributed by atoms with E-state index in [0.29, 0.717) is 6.92 Å². The third-order valence-corrected chi connectivity index (χ3v) is 5.18. The van der Waals surface area contributed by atoms with E-state index in [4.69, 9.17) is 0 Å². The first kappa shape index (κ1) is 41.6. The van der Waals surface area contributed by atoms with Crippen molar-refractivity contribution in [1.29, 1.82) is 0 Å². The third kappa shape index (κ3) is 7.20. The van der Waals surface area contributed by atoms with Gasteiger partial charge in [-0.2, -0.15) is 96.6 Å². The first-order valence-electron chi connectivity index (χ1n) is 10.5. The number of hydrogen-bond acceptors (Lipinski definition) is 3. The molecule has 0 aromatic rings. The van der Waals surface area contributed by atoms with Gasteiger partial charge in [0.25, 0.3) is 0 Å². The van der Waals surface area contributed by atoms with Crippen LogP contribution in [0.5, 0.6) is 0 Å². The van der Waals surface area contributed by atoms with E-state index in [1.165, 1.54) is 0 Å². The molecule has 0 N–H and O–H groups in total. The monoisotopic (exact) mass is 708 g/mol. The third-order valence-electron chi connectivity index (χ3n) is 5.18. The van der Waals surface area contributed by atoms with Crippen LogP contribution in [-0.4, -0.2) is 85.0 Å². The molecule has 3 nitrogen and oxygen atoms in total. The zero-order chi connectivity index (χ0) is 36.0. The lowest BCUT2D eigenvalue weighted by Crippen LogP contribution is -2.70. The van der Waals surface area contributed by atoms with Crippen LogP contribution in [0.1, 0.15) is 19.8 Å². The molecule has 1 unspecified atom stereocenters. The molecule has 0 aromatic heterocycles. The van der Waals surface area contributed by atoms with Gasteiger partial charge in [-0.25, -0.2) is 4.79 Å². The highest BCUT2D eigenvalue weighted by atomic mass is 19.4. The number of carbonyl (C=O) groups is 1. The normalized spacial score (nSPS) is 16.2. The van der Waals surface area contributed by atoms with Gasteiger partial charge in [0.2, 0.25) is 0 Å². The first-order valence-corrected chi connectivity index (χ1v) is 10.5. The molecule has 0 aliphatic heterocycles. The summed E-state index contributed by atoms with van der Waals surface area (Å²) in [5, 5.41) is 0. The molecule has 1 atom stereocenters. The fourth-order valence-corrected chi connectivity index (χ4v) is 2.58. The summed E-state index contributed by atoms with van der Waals surface area (Å²) >= 11 is 0. The van der Waals surface area contributed by atoms with Crippen molar-refractivity contribution in [3.63, 3.8) is 0 Å². The lowest BCUT2D eigenvalue weighted by atomic mass is 9.93. The Labute approximate surface area is 229 Å². The average molecular weight is 708 g/mol. The maximum atomic E-state index is 13.9. The minimum Gasteiger partial charge on any atom is -0.456 e. The highest BCUT2D eigenvalue weighted by molar-refractivity contribution is 5.87. The summed E-state index contributed by atoms with van der Waals surface area (Å²) in [5.41, 5.74) is -0.851. The highest BCUT2D eigenvalue weighted by Gasteiger charge is 2.90. The van der Waals surface area contributed by atoms with Crippen LogP contribution in [0.25, 0.3) is 0 Å². The second-order valence-corrected chi connectivity index (χ2v) is 8.69. The van der Waals surface area contributed by atoms with Gasteiger partial charge < -0.3 is 9.47 Å². The van der Waals surface area contributed by atoms with Gasteiger partial charge in [-0.15, -0.1) is 0 Å². The van der Waals surface area contributed by atoms with Crippen LogP contribution in [0.2, 0.25) is 0 Å². The average Bonchev–Trinajstić information content (AvgIpc) is 2.79. The number of alkyl halides is 22. The molecule has 0 fully saturated rings. The van der Waals surface area contributed by atoms with E-state index in [1.807, 2.05) is 0 Å². The van der Waals surface area contributed by atoms with Crippen molar-refractivity contribution in [1.82, 2.24) is 0 Å². The zero-order valence-corrected chi connectivity index (χ0v) is 20.7. The van der Waals surface area contributed by atoms with Gasteiger partial charge in [-0.1, -0.05) is 6.58 Å². The van der Waals surface area contributed by atoms with Gasteiger partial charge in [0.15, 0.2) is 0 Å². The van der Waals surface area contributed by atoms with Crippen molar-refractivity contribution >= 4 is 5.97 Å². The van der Waals surface area contributed by atoms with E-state index in [0.717, 1.165) is 0 Å². The van der Waals surface area contributed by atoms with Crippen molar-refractivity contribution in [2.24, 2.45) is 0 Å². The lowest BCUT2D eigenvalue weighted by molar-refractivity contribution is -0.440. The highest BCUT2D eigenvalue weighted by Crippen LogP contribution is 2.61. The summed E-state index contributed by atoms with van der Waals surface area (Å²) < 4.78 is 295. The van der Waals surface area contributed by atoms with E-state index in [-0.39, 0.29) is 0 Å². The molecular formula is C19H14F22O3. The lowest BCUT2D eigenvalue weighted by Gasteiger charge is -2.39. The van der Waals surface area contributed by atoms with Crippen LogP contribution in [0.3, 0.4) is 0 Å². The number of hydrogen-bond donors (Lipinski definition) is 0. The van der Waals surface area contributed by atoms with Crippen LogP contribution in [0.4, 0.5) is 96.6 Å². The predicted molar refractivity (Wildman–Crippen MR) is 96.4 cm³/mol.